The second kappa shape index (κ2) is 85.5. The highest BCUT2D eigenvalue weighted by Crippen LogP contribution is 2.21. The number of hydrogen-bond acceptors (Lipinski definition) is 5. The summed E-state index contributed by atoms with van der Waals surface area (Å²) in [6, 6.07) is -0.540. The molecule has 6 heteroatoms. The Balaban J connectivity index is 3.33. The van der Waals surface area contributed by atoms with Gasteiger partial charge in [-0.2, -0.15) is 0 Å². The van der Waals surface area contributed by atoms with Crippen LogP contribution in [0, 0.1) is 0 Å². The second-order valence-electron chi connectivity index (χ2n) is 30.6. The number of rotatable bonds is 84. The van der Waals surface area contributed by atoms with E-state index in [2.05, 4.69) is 55.6 Å². The van der Waals surface area contributed by atoms with Gasteiger partial charge in [-0.25, -0.2) is 0 Å². The van der Waals surface area contributed by atoms with Crippen molar-refractivity contribution >= 4 is 11.9 Å². The molecule has 0 rings (SSSR count). The number of carbonyl (C=O) groups is 2. The van der Waals surface area contributed by atoms with E-state index in [1.54, 1.807) is 0 Å². The van der Waals surface area contributed by atoms with Crippen LogP contribution in [0.4, 0.5) is 0 Å². The molecule has 2 atom stereocenters. The summed E-state index contributed by atoms with van der Waals surface area (Å²) in [7, 11) is 0. The monoisotopic (exact) mass is 1350 g/mol. The van der Waals surface area contributed by atoms with Gasteiger partial charge in [0.05, 0.1) is 25.4 Å². The van der Waals surface area contributed by atoms with E-state index in [9.17, 15) is 19.8 Å². The van der Waals surface area contributed by atoms with Crippen molar-refractivity contribution in [2.75, 3.05) is 13.2 Å². The smallest absolute Gasteiger partial charge is 0.305 e. The van der Waals surface area contributed by atoms with E-state index in [1.807, 2.05) is 0 Å². The lowest BCUT2D eigenvalue weighted by molar-refractivity contribution is -0.143. The number of aliphatic hydroxyl groups excluding tert-OH is 2. The maximum absolute atomic E-state index is 12.6. The van der Waals surface area contributed by atoms with Gasteiger partial charge in [-0.05, 0) is 83.5 Å². The van der Waals surface area contributed by atoms with Crippen molar-refractivity contribution in [2.24, 2.45) is 0 Å². The molecule has 6 nitrogen and oxygen atoms in total. The second-order valence-corrected chi connectivity index (χ2v) is 30.6. The number of ether oxygens (including phenoxy) is 1. The van der Waals surface area contributed by atoms with Gasteiger partial charge in [-0.1, -0.05) is 442 Å². The summed E-state index contributed by atoms with van der Waals surface area (Å²) >= 11 is 0. The fraction of sp³-hybridized carbons (Fsp3) is 0.911. The summed E-state index contributed by atoms with van der Waals surface area (Å²) in [5.41, 5.74) is 0. The molecule has 0 radical (unpaired) electrons. The summed E-state index contributed by atoms with van der Waals surface area (Å²) in [5.74, 6) is -0.00629. The molecule has 0 aromatic rings. The Kier molecular flexibility index (Phi) is 83.8. The molecule has 568 valence electrons. The van der Waals surface area contributed by atoms with Crippen LogP contribution in [0.1, 0.15) is 502 Å². The number of nitrogens with one attached hydrogen (secondary N) is 1. The minimum absolute atomic E-state index is 0.0187. The van der Waals surface area contributed by atoms with Crippen LogP contribution in [-0.2, 0) is 14.3 Å². The highest BCUT2D eigenvalue weighted by molar-refractivity contribution is 5.76. The quantitative estimate of drug-likeness (QED) is 0.0320. The van der Waals surface area contributed by atoms with E-state index in [1.165, 1.54) is 424 Å². The summed E-state index contributed by atoms with van der Waals surface area (Å²) in [6.45, 7) is 4.99. The first-order chi connectivity index (χ1) is 47.5. The van der Waals surface area contributed by atoms with Gasteiger partial charge in [0.25, 0.3) is 0 Å². The van der Waals surface area contributed by atoms with Crippen LogP contribution in [0.5, 0.6) is 0 Å². The predicted octanol–water partition coefficient (Wildman–Crippen LogP) is 29.7. The van der Waals surface area contributed by atoms with E-state index in [0.717, 1.165) is 44.9 Å². The molecule has 3 N–H and O–H groups in total. The summed E-state index contributed by atoms with van der Waals surface area (Å²) in [4.78, 5) is 24.7. The third-order valence-electron chi connectivity index (χ3n) is 20.9. The number of amides is 1. The minimum atomic E-state index is -0.663. The summed E-state index contributed by atoms with van der Waals surface area (Å²) < 4.78 is 5.52. The Labute approximate surface area is 602 Å². The van der Waals surface area contributed by atoms with Crippen molar-refractivity contribution in [3.8, 4) is 0 Å². The maximum atomic E-state index is 12.6. The zero-order chi connectivity index (χ0) is 69.1. The fourth-order valence-electron chi connectivity index (χ4n) is 14.2. The lowest BCUT2D eigenvalue weighted by atomic mass is 10.0. The maximum Gasteiger partial charge on any atom is 0.305 e. The number of hydrogen-bond donors (Lipinski definition) is 3. The Hall–Kier alpha value is -1.92. The van der Waals surface area contributed by atoms with Gasteiger partial charge >= 0.3 is 5.97 Å². The average molecular weight is 1350 g/mol. The SMILES string of the molecule is CCCCC/C=C\C/C=C\CCCCCCCCCCCC(=O)OCCCCCCCCCCCCCCCCCC/C=C\CCCCCCCCCCCCCCCCCCCC(=O)NC(CO)C(O)CCCCCCCCCCCCCCCCCCCCCCCCC. The molecule has 0 aliphatic rings. The number of unbranched alkanes of at least 4 members (excludes halogenated alkanes) is 67. The molecule has 0 saturated heterocycles. The largest absolute Gasteiger partial charge is 0.466 e. The van der Waals surface area contributed by atoms with Gasteiger partial charge in [-0.3, -0.25) is 9.59 Å². The van der Waals surface area contributed by atoms with E-state index in [-0.39, 0.29) is 18.5 Å². The van der Waals surface area contributed by atoms with Crippen LogP contribution in [0.2, 0.25) is 0 Å². The van der Waals surface area contributed by atoms with E-state index < -0.39 is 12.1 Å². The van der Waals surface area contributed by atoms with Crippen LogP contribution in [0.15, 0.2) is 36.5 Å². The predicted molar refractivity (Wildman–Crippen MR) is 426 cm³/mol. The average Bonchev–Trinajstić information content (AvgIpc) is 3.69. The van der Waals surface area contributed by atoms with Gasteiger partial charge in [0.1, 0.15) is 0 Å². The first-order valence-corrected chi connectivity index (χ1v) is 44.2. The number of carbonyl (C=O) groups excluding carboxylic acids is 2. The highest BCUT2D eigenvalue weighted by Gasteiger charge is 2.20. The molecule has 0 aliphatic heterocycles. The molecule has 0 aliphatic carbocycles. The van der Waals surface area contributed by atoms with E-state index in [4.69, 9.17) is 4.74 Å². The van der Waals surface area contributed by atoms with Gasteiger partial charge in [-0.15, -0.1) is 0 Å². The normalized spacial score (nSPS) is 12.6. The zero-order valence-electron chi connectivity index (χ0n) is 65.4. The summed E-state index contributed by atoms with van der Waals surface area (Å²) in [6.07, 6.45) is 113. The molecule has 0 bridgehead atoms. The van der Waals surface area contributed by atoms with Crippen LogP contribution >= 0.6 is 0 Å². The van der Waals surface area contributed by atoms with E-state index >= 15 is 0 Å². The lowest BCUT2D eigenvalue weighted by Gasteiger charge is -2.22. The first-order valence-electron chi connectivity index (χ1n) is 44.2. The van der Waals surface area contributed by atoms with Crippen molar-refractivity contribution in [2.45, 2.75) is 514 Å². The molecule has 96 heavy (non-hydrogen) atoms. The van der Waals surface area contributed by atoms with Gasteiger partial charge in [0, 0.05) is 12.8 Å². The Bertz CT molecular complexity index is 1560. The van der Waals surface area contributed by atoms with Crippen molar-refractivity contribution in [1.82, 2.24) is 5.32 Å². The Morgan fingerprint density at radius 3 is 0.823 bits per heavy atom. The third kappa shape index (κ3) is 81.0. The lowest BCUT2D eigenvalue weighted by Crippen LogP contribution is -2.45. The van der Waals surface area contributed by atoms with E-state index in [0.29, 0.717) is 25.9 Å². The van der Waals surface area contributed by atoms with Gasteiger partial charge < -0.3 is 20.3 Å². The number of aliphatic hydroxyl groups is 2. The zero-order valence-corrected chi connectivity index (χ0v) is 65.4. The number of esters is 1. The fourth-order valence-corrected chi connectivity index (χ4v) is 14.2. The molecular weight excluding hydrogens is 1170 g/mol. The molecule has 0 saturated carbocycles. The minimum Gasteiger partial charge on any atom is -0.466 e. The molecule has 0 aromatic heterocycles. The van der Waals surface area contributed by atoms with Gasteiger partial charge in [0.15, 0.2) is 0 Å². The molecule has 2 unspecified atom stereocenters. The molecule has 0 spiro atoms. The Morgan fingerprint density at radius 2 is 0.521 bits per heavy atom. The molecule has 0 heterocycles. The topological polar surface area (TPSA) is 95.9 Å². The first kappa shape index (κ1) is 94.1. The Morgan fingerprint density at radius 1 is 0.292 bits per heavy atom. The highest BCUT2D eigenvalue weighted by atomic mass is 16.5. The van der Waals surface area contributed by atoms with Crippen molar-refractivity contribution < 1.29 is 24.5 Å². The van der Waals surface area contributed by atoms with Crippen molar-refractivity contribution in [3.05, 3.63) is 36.5 Å². The third-order valence-corrected chi connectivity index (χ3v) is 20.9. The van der Waals surface area contributed by atoms with Crippen LogP contribution in [-0.4, -0.2) is 47.4 Å². The van der Waals surface area contributed by atoms with Crippen molar-refractivity contribution in [1.29, 1.82) is 0 Å². The molecular formula is C90H173NO5. The molecule has 0 fully saturated rings. The number of allylic oxidation sites excluding steroid dienone is 6. The van der Waals surface area contributed by atoms with Crippen LogP contribution in [0.25, 0.3) is 0 Å². The van der Waals surface area contributed by atoms with Crippen LogP contribution in [0.3, 0.4) is 0 Å². The molecule has 0 aromatic carbocycles. The summed E-state index contributed by atoms with van der Waals surface area (Å²) in [5, 5.41) is 23.5. The standard InChI is InChI=1S/C90H173NO5/c1-3-5-7-9-11-13-15-17-19-21-23-24-40-43-47-50-54-58-62-66-70-74-78-82-88(93)87(86-92)91-89(94)83-79-75-71-67-63-59-55-51-48-44-41-38-36-34-32-30-28-26-25-27-29-31-33-35-37-39-42-45-49-53-57-61-65-69-73-77-81-85-96-90(95)84-80-76-72-68-64-60-56-52-46-22-20-18-16-14-12-10-8-6-4-2/h12,14,18,20,25,27,87-88,92-93H,3-11,13,15-17,19,21-24,26,28-86H2,1-2H3,(H,91,94)/b14-12-,20-18-,27-25-. The van der Waals surface area contributed by atoms with Crippen LogP contribution < -0.4 is 5.32 Å². The van der Waals surface area contributed by atoms with Crippen molar-refractivity contribution in [3.63, 3.8) is 0 Å². The van der Waals surface area contributed by atoms with Gasteiger partial charge in [0.2, 0.25) is 5.91 Å². The molecule has 1 amide bonds.